The number of pyridine rings is 1. The summed E-state index contributed by atoms with van der Waals surface area (Å²) in [5, 5.41) is 2.64. The van der Waals surface area contributed by atoms with Crippen molar-refractivity contribution in [3.8, 4) is 16.9 Å². The number of carbonyl (C=O) groups excluding carboxylic acids is 4. The third-order valence-electron chi connectivity index (χ3n) is 8.47. The highest BCUT2D eigenvalue weighted by molar-refractivity contribution is 7.19. The number of hydrogen-bond acceptors (Lipinski definition) is 10. The molecule has 0 bridgehead atoms. The molecule has 13 heteroatoms. The summed E-state index contributed by atoms with van der Waals surface area (Å²) in [4.78, 5) is 57.7. The zero-order valence-electron chi connectivity index (χ0n) is 29.7. The number of rotatable bonds is 14. The van der Waals surface area contributed by atoms with Gasteiger partial charge in [0, 0.05) is 67.5 Å². The summed E-state index contributed by atoms with van der Waals surface area (Å²) in [5.41, 5.74) is 4.42. The Kier molecular flexibility index (Phi) is 12.5. The smallest absolute Gasteiger partial charge is 0.407 e. The first kappa shape index (κ1) is 37.2. The van der Waals surface area contributed by atoms with Crippen LogP contribution >= 0.6 is 11.3 Å². The summed E-state index contributed by atoms with van der Waals surface area (Å²) in [6.45, 7) is 12.8. The van der Waals surface area contributed by atoms with Crippen LogP contribution in [0.3, 0.4) is 0 Å². The molecule has 4 heterocycles. The Labute approximate surface area is 297 Å². The first-order valence-electron chi connectivity index (χ1n) is 17.3. The minimum atomic E-state index is -0.542. The van der Waals surface area contributed by atoms with Gasteiger partial charge in [-0.05, 0) is 63.9 Å². The van der Waals surface area contributed by atoms with E-state index in [2.05, 4.69) is 36.3 Å². The molecular formula is C37H48N4O8S. The van der Waals surface area contributed by atoms with Crippen molar-refractivity contribution in [1.29, 1.82) is 0 Å². The van der Waals surface area contributed by atoms with E-state index in [1.54, 1.807) is 17.5 Å². The number of ether oxygens (including phenoxy) is 4. The molecule has 0 radical (unpaired) electrons. The van der Waals surface area contributed by atoms with E-state index in [4.69, 9.17) is 18.9 Å². The van der Waals surface area contributed by atoms with Gasteiger partial charge in [-0.25, -0.2) is 4.79 Å². The second-order valence-electron chi connectivity index (χ2n) is 13.7. The summed E-state index contributed by atoms with van der Waals surface area (Å²) in [5.74, 6) is 0.625. The van der Waals surface area contributed by atoms with Crippen LogP contribution < -0.4 is 10.1 Å². The first-order valence-corrected chi connectivity index (χ1v) is 18.1. The van der Waals surface area contributed by atoms with Crippen LogP contribution in [0.2, 0.25) is 0 Å². The predicted octanol–water partition coefficient (Wildman–Crippen LogP) is 5.55. The molecular weight excluding hydrogens is 660 g/mol. The average Bonchev–Trinajstić information content (AvgIpc) is 3.62. The van der Waals surface area contributed by atoms with E-state index >= 15 is 0 Å². The van der Waals surface area contributed by atoms with Gasteiger partial charge in [0.15, 0.2) is 0 Å². The van der Waals surface area contributed by atoms with Gasteiger partial charge in [0.2, 0.25) is 17.7 Å². The van der Waals surface area contributed by atoms with E-state index in [0.717, 1.165) is 55.9 Å². The number of likely N-dealkylation sites (tertiary alicyclic amines) is 2. The maximum atomic E-state index is 12.9. The maximum Gasteiger partial charge on any atom is 0.407 e. The number of benzene rings is 1. The number of imide groups is 1. The second kappa shape index (κ2) is 16.8. The number of carbonyl (C=O) groups is 4. The molecule has 1 N–H and O–H groups in total. The SMILES string of the molecule is Cc1cc(C)c(OC2CCN(C(=O)CCOCCOCCNC(=O)OC(C)(C)C)CC2)c(-c2ccnc3cc(CN4C(=O)CCC4=O)sc23)c1. The molecule has 2 saturated heterocycles. The van der Waals surface area contributed by atoms with E-state index in [1.807, 2.05) is 37.8 Å². The number of thiophene rings is 1. The van der Waals surface area contributed by atoms with Gasteiger partial charge in [0.1, 0.15) is 17.5 Å². The van der Waals surface area contributed by atoms with Crippen molar-refractivity contribution >= 4 is 45.4 Å². The van der Waals surface area contributed by atoms with Gasteiger partial charge >= 0.3 is 6.09 Å². The molecule has 5 rings (SSSR count). The molecule has 0 atom stereocenters. The van der Waals surface area contributed by atoms with Gasteiger partial charge < -0.3 is 29.2 Å². The second-order valence-corrected chi connectivity index (χ2v) is 14.9. The molecule has 2 fully saturated rings. The molecule has 12 nitrogen and oxygen atoms in total. The molecule has 2 aromatic heterocycles. The minimum Gasteiger partial charge on any atom is -0.489 e. The van der Waals surface area contributed by atoms with Crippen LogP contribution in [0.25, 0.3) is 21.3 Å². The Morgan fingerprint density at radius 2 is 1.66 bits per heavy atom. The molecule has 4 amide bonds. The fourth-order valence-electron chi connectivity index (χ4n) is 6.11. The average molecular weight is 709 g/mol. The number of aryl methyl sites for hydroxylation is 2. The van der Waals surface area contributed by atoms with Gasteiger partial charge in [0.25, 0.3) is 0 Å². The molecule has 0 saturated carbocycles. The van der Waals surface area contributed by atoms with E-state index in [1.165, 1.54) is 4.90 Å². The predicted molar refractivity (Wildman–Crippen MR) is 190 cm³/mol. The van der Waals surface area contributed by atoms with Crippen molar-refractivity contribution in [2.45, 2.75) is 85.0 Å². The zero-order valence-corrected chi connectivity index (χ0v) is 30.5. The van der Waals surface area contributed by atoms with Gasteiger partial charge in [-0.15, -0.1) is 11.3 Å². The third-order valence-corrected chi connectivity index (χ3v) is 9.61. The van der Waals surface area contributed by atoms with Crippen LogP contribution in [0.5, 0.6) is 5.75 Å². The van der Waals surface area contributed by atoms with Crippen molar-refractivity contribution < 1.29 is 38.1 Å². The number of nitrogens with zero attached hydrogens (tertiary/aromatic N) is 3. The topological polar surface area (TPSA) is 137 Å². The Hall–Kier alpha value is -4.07. The molecule has 270 valence electrons. The maximum absolute atomic E-state index is 12.9. The number of nitrogens with one attached hydrogen (secondary N) is 1. The quantitative estimate of drug-likeness (QED) is 0.169. The normalized spacial score (nSPS) is 15.6. The molecule has 2 aliphatic rings. The molecule has 2 aliphatic heterocycles. The van der Waals surface area contributed by atoms with Gasteiger partial charge in [-0.1, -0.05) is 6.07 Å². The highest BCUT2D eigenvalue weighted by atomic mass is 32.1. The Morgan fingerprint density at radius 1 is 0.960 bits per heavy atom. The zero-order chi connectivity index (χ0) is 35.8. The largest absolute Gasteiger partial charge is 0.489 e. The van der Waals surface area contributed by atoms with Gasteiger partial charge in [-0.3, -0.25) is 24.3 Å². The number of aromatic nitrogens is 1. The van der Waals surface area contributed by atoms with Crippen LogP contribution in [0.4, 0.5) is 4.79 Å². The fraction of sp³-hybridized carbons (Fsp3) is 0.541. The summed E-state index contributed by atoms with van der Waals surface area (Å²) < 4.78 is 23.9. The Bertz CT molecular complexity index is 1680. The number of amides is 4. The number of alkyl carbamates (subject to hydrolysis) is 1. The summed E-state index contributed by atoms with van der Waals surface area (Å²) in [7, 11) is 0. The standard InChI is InChI=1S/C37H48N4O8S/c1-24-20-25(2)34(29(21-24)28-8-12-38-30-22-27(50-35(28)30)23-41-32(43)6-7-33(41)44)48-26-9-14-40(15-10-26)31(42)11-16-46-18-19-47-17-13-39-36(45)49-37(3,4)5/h8,12,20-22,26H,6-7,9-11,13-19,23H2,1-5H3,(H,39,45). The van der Waals surface area contributed by atoms with Crippen molar-refractivity contribution in [1.82, 2.24) is 20.1 Å². The lowest BCUT2D eigenvalue weighted by Crippen LogP contribution is -2.42. The lowest BCUT2D eigenvalue weighted by molar-refractivity contribution is -0.139. The molecule has 0 unspecified atom stereocenters. The van der Waals surface area contributed by atoms with E-state index in [-0.39, 0.29) is 43.2 Å². The number of fused-ring (bicyclic) bond motifs is 1. The monoisotopic (exact) mass is 708 g/mol. The lowest BCUT2D eigenvalue weighted by Gasteiger charge is -2.33. The highest BCUT2D eigenvalue weighted by Crippen LogP contribution is 2.41. The van der Waals surface area contributed by atoms with Crippen molar-refractivity contribution in [2.75, 3.05) is 46.1 Å². The van der Waals surface area contributed by atoms with Gasteiger partial charge in [0.05, 0.1) is 49.6 Å². The highest BCUT2D eigenvalue weighted by Gasteiger charge is 2.30. The summed E-state index contributed by atoms with van der Waals surface area (Å²) in [6.07, 6.45) is 3.55. The van der Waals surface area contributed by atoms with Crippen molar-refractivity contribution in [2.24, 2.45) is 0 Å². The molecule has 0 spiro atoms. The fourth-order valence-corrected chi connectivity index (χ4v) is 7.24. The number of piperidine rings is 1. The molecule has 50 heavy (non-hydrogen) atoms. The lowest BCUT2D eigenvalue weighted by atomic mass is 9.98. The molecule has 0 aliphatic carbocycles. The third kappa shape index (κ3) is 10.0. The van der Waals surface area contributed by atoms with Crippen LogP contribution in [0.15, 0.2) is 30.5 Å². The van der Waals surface area contributed by atoms with Crippen molar-refractivity contribution in [3.63, 3.8) is 0 Å². The molecule has 1 aromatic carbocycles. The van der Waals surface area contributed by atoms with Crippen LogP contribution in [0, 0.1) is 13.8 Å². The van der Waals surface area contributed by atoms with Crippen molar-refractivity contribution in [3.05, 3.63) is 46.5 Å². The van der Waals surface area contributed by atoms with Crippen LogP contribution in [0.1, 0.15) is 68.9 Å². The van der Waals surface area contributed by atoms with Crippen LogP contribution in [-0.4, -0.2) is 96.4 Å². The van der Waals surface area contributed by atoms with Crippen LogP contribution in [-0.2, 0) is 35.1 Å². The first-order chi connectivity index (χ1) is 23.9. The van der Waals surface area contributed by atoms with Gasteiger partial charge in [-0.2, -0.15) is 0 Å². The summed E-state index contributed by atoms with van der Waals surface area (Å²) in [6, 6.07) is 8.21. The van der Waals surface area contributed by atoms with E-state index < -0.39 is 11.7 Å². The molecule has 3 aromatic rings. The van der Waals surface area contributed by atoms with E-state index in [0.29, 0.717) is 52.5 Å². The van der Waals surface area contributed by atoms with E-state index in [9.17, 15) is 19.2 Å². The number of hydrogen-bond donors (Lipinski definition) is 1. The Balaban J connectivity index is 1.09. The Morgan fingerprint density at radius 3 is 2.36 bits per heavy atom. The summed E-state index contributed by atoms with van der Waals surface area (Å²) >= 11 is 1.55. The minimum absolute atomic E-state index is 0.0409.